The maximum atomic E-state index is 13.6. The Kier molecular flexibility index (Phi) is 3.52. The Hall–Kier alpha value is -1.29. The lowest BCUT2D eigenvalue weighted by atomic mass is 9.95. The van der Waals surface area contributed by atoms with Gasteiger partial charge in [-0.3, -0.25) is 0 Å². The molecule has 3 nitrogen and oxygen atoms in total. The second kappa shape index (κ2) is 4.49. The lowest BCUT2D eigenvalue weighted by molar-refractivity contribution is 0.372. The van der Waals surface area contributed by atoms with Crippen molar-refractivity contribution in [1.82, 2.24) is 0 Å². The van der Waals surface area contributed by atoms with E-state index < -0.39 is 17.3 Å². The van der Waals surface area contributed by atoms with Gasteiger partial charge in [0, 0.05) is 0 Å². The van der Waals surface area contributed by atoms with Gasteiger partial charge in [0.05, 0.1) is 0 Å². The molecule has 0 fully saturated rings. The van der Waals surface area contributed by atoms with Gasteiger partial charge in [-0.25, -0.2) is 4.39 Å². The van der Waals surface area contributed by atoms with E-state index in [2.05, 4.69) is 0 Å². The highest BCUT2D eigenvalue weighted by molar-refractivity contribution is 5.49. The minimum absolute atomic E-state index is 0.0693. The van der Waals surface area contributed by atoms with Gasteiger partial charge in [-0.15, -0.1) is 0 Å². The predicted molar refractivity (Wildman–Crippen MR) is 56.6 cm³/mol. The van der Waals surface area contributed by atoms with Crippen molar-refractivity contribution in [2.45, 2.75) is 26.2 Å². The van der Waals surface area contributed by atoms with E-state index in [1.54, 1.807) is 13.0 Å². The van der Waals surface area contributed by atoms with Crippen LogP contribution in [-0.2, 0) is 0 Å². The van der Waals surface area contributed by atoms with E-state index in [-0.39, 0.29) is 5.92 Å². The Morgan fingerprint density at radius 2 is 2.00 bits per heavy atom. The van der Waals surface area contributed by atoms with Crippen molar-refractivity contribution >= 4 is 0 Å². The Morgan fingerprint density at radius 3 is 2.53 bits per heavy atom. The van der Waals surface area contributed by atoms with Gasteiger partial charge in [-0.2, -0.15) is 0 Å². The largest absolute Gasteiger partial charge is 0.504 e. The molecule has 0 radical (unpaired) electrons. The zero-order valence-electron chi connectivity index (χ0n) is 8.92. The lowest BCUT2D eigenvalue weighted by Gasteiger charge is -2.14. The molecule has 1 unspecified atom stereocenters. The van der Waals surface area contributed by atoms with Gasteiger partial charge in [0.15, 0.2) is 17.3 Å². The molecule has 84 valence electrons. The Labute approximate surface area is 88.4 Å². The topological polar surface area (TPSA) is 66.5 Å². The van der Waals surface area contributed by atoms with Crippen molar-refractivity contribution in [1.29, 1.82) is 0 Å². The average molecular weight is 213 g/mol. The van der Waals surface area contributed by atoms with Gasteiger partial charge in [0.25, 0.3) is 0 Å². The van der Waals surface area contributed by atoms with Crippen LogP contribution in [-0.4, -0.2) is 16.8 Å². The molecular weight excluding hydrogens is 197 g/mol. The lowest BCUT2D eigenvalue weighted by Crippen LogP contribution is -2.06. The zero-order valence-corrected chi connectivity index (χ0v) is 8.92. The normalized spacial score (nSPS) is 12.8. The Bertz CT molecular complexity index is 366. The SMILES string of the molecule is Cc1cc(C(C)CCN)c(F)c(O)c1O. The number of hydrogen-bond acceptors (Lipinski definition) is 3. The van der Waals surface area contributed by atoms with Gasteiger partial charge in [-0.05, 0) is 43.0 Å². The van der Waals surface area contributed by atoms with Crippen molar-refractivity contribution in [3.63, 3.8) is 0 Å². The average Bonchev–Trinajstić information content (AvgIpc) is 2.20. The van der Waals surface area contributed by atoms with E-state index >= 15 is 0 Å². The molecule has 0 saturated carbocycles. The maximum absolute atomic E-state index is 13.6. The molecule has 4 N–H and O–H groups in total. The van der Waals surface area contributed by atoms with Crippen LogP contribution >= 0.6 is 0 Å². The van der Waals surface area contributed by atoms with Crippen molar-refractivity contribution < 1.29 is 14.6 Å². The summed E-state index contributed by atoms with van der Waals surface area (Å²) in [7, 11) is 0. The summed E-state index contributed by atoms with van der Waals surface area (Å²) in [4.78, 5) is 0. The van der Waals surface area contributed by atoms with Crippen LogP contribution in [0.2, 0.25) is 0 Å². The molecule has 0 amide bonds. The molecule has 0 bridgehead atoms. The summed E-state index contributed by atoms with van der Waals surface area (Å²) in [5.41, 5.74) is 6.25. The van der Waals surface area contributed by atoms with Gasteiger partial charge in [0.2, 0.25) is 0 Å². The van der Waals surface area contributed by atoms with Crippen molar-refractivity contribution in [2.24, 2.45) is 5.73 Å². The smallest absolute Gasteiger partial charge is 0.194 e. The molecule has 0 aliphatic carbocycles. The van der Waals surface area contributed by atoms with E-state index in [1.165, 1.54) is 0 Å². The molecule has 1 aromatic carbocycles. The summed E-state index contributed by atoms with van der Waals surface area (Å²) >= 11 is 0. The summed E-state index contributed by atoms with van der Waals surface area (Å²) < 4.78 is 13.6. The van der Waals surface area contributed by atoms with Gasteiger partial charge in [0.1, 0.15) is 0 Å². The molecule has 0 heterocycles. The fourth-order valence-corrected chi connectivity index (χ4v) is 1.56. The molecule has 0 aliphatic rings. The van der Waals surface area contributed by atoms with Crippen molar-refractivity contribution in [2.75, 3.05) is 6.54 Å². The molecule has 1 rings (SSSR count). The third kappa shape index (κ3) is 2.21. The monoisotopic (exact) mass is 213 g/mol. The molecule has 1 atom stereocenters. The maximum Gasteiger partial charge on any atom is 0.194 e. The van der Waals surface area contributed by atoms with Crippen molar-refractivity contribution in [3.8, 4) is 11.5 Å². The first-order chi connectivity index (χ1) is 6.99. The van der Waals surface area contributed by atoms with Crippen LogP contribution in [0, 0.1) is 12.7 Å². The number of benzene rings is 1. The minimum Gasteiger partial charge on any atom is -0.504 e. The predicted octanol–water partition coefficient (Wildman–Crippen LogP) is 2.00. The summed E-state index contributed by atoms with van der Waals surface area (Å²) in [6, 6.07) is 1.55. The van der Waals surface area contributed by atoms with Gasteiger partial charge < -0.3 is 15.9 Å². The van der Waals surface area contributed by atoms with E-state index in [1.807, 2.05) is 6.92 Å². The van der Waals surface area contributed by atoms with Crippen LogP contribution in [0.3, 0.4) is 0 Å². The summed E-state index contributed by atoms with van der Waals surface area (Å²) in [6.07, 6.45) is 0.639. The Morgan fingerprint density at radius 1 is 1.40 bits per heavy atom. The first-order valence-corrected chi connectivity index (χ1v) is 4.90. The highest BCUT2D eigenvalue weighted by Gasteiger charge is 2.18. The van der Waals surface area contributed by atoms with Crippen LogP contribution in [0.1, 0.15) is 30.4 Å². The molecule has 0 aromatic heterocycles. The third-order valence-corrected chi connectivity index (χ3v) is 2.56. The fourth-order valence-electron chi connectivity index (χ4n) is 1.56. The number of aryl methyl sites for hydroxylation is 1. The summed E-state index contributed by atoms with van der Waals surface area (Å²) in [5, 5.41) is 18.6. The van der Waals surface area contributed by atoms with E-state index in [0.29, 0.717) is 24.1 Å². The summed E-state index contributed by atoms with van der Waals surface area (Å²) in [6.45, 7) is 3.91. The molecule has 0 spiro atoms. The standard InChI is InChI=1S/C11H16FNO2/c1-6(3-4-13)8-5-7(2)10(14)11(15)9(8)12/h5-6,14-15H,3-4,13H2,1-2H3. The van der Waals surface area contributed by atoms with Gasteiger partial charge in [-0.1, -0.05) is 6.92 Å². The highest BCUT2D eigenvalue weighted by atomic mass is 19.1. The van der Waals surface area contributed by atoms with Gasteiger partial charge >= 0.3 is 0 Å². The molecule has 0 saturated heterocycles. The van der Waals surface area contributed by atoms with Crippen LogP contribution < -0.4 is 5.73 Å². The quantitative estimate of drug-likeness (QED) is 0.673. The number of phenols is 2. The third-order valence-electron chi connectivity index (χ3n) is 2.56. The van der Waals surface area contributed by atoms with Crippen LogP contribution in [0.25, 0.3) is 0 Å². The zero-order chi connectivity index (χ0) is 11.6. The number of phenolic OH excluding ortho intramolecular Hbond substituents is 2. The number of rotatable bonds is 3. The van der Waals surface area contributed by atoms with Crippen LogP contribution in [0.15, 0.2) is 6.07 Å². The molecule has 0 aliphatic heterocycles. The van der Waals surface area contributed by atoms with E-state index in [0.717, 1.165) is 0 Å². The number of nitrogens with two attached hydrogens (primary N) is 1. The Balaban J connectivity index is 3.19. The van der Waals surface area contributed by atoms with E-state index in [4.69, 9.17) is 5.73 Å². The molecule has 1 aromatic rings. The van der Waals surface area contributed by atoms with Crippen LogP contribution in [0.4, 0.5) is 4.39 Å². The van der Waals surface area contributed by atoms with Crippen molar-refractivity contribution in [3.05, 3.63) is 23.0 Å². The first-order valence-electron chi connectivity index (χ1n) is 4.90. The first kappa shape index (κ1) is 11.8. The molecule has 4 heteroatoms. The molecule has 15 heavy (non-hydrogen) atoms. The second-order valence-corrected chi connectivity index (χ2v) is 3.77. The number of aromatic hydroxyl groups is 2. The minimum atomic E-state index is -0.751. The van der Waals surface area contributed by atoms with E-state index in [9.17, 15) is 14.6 Å². The highest BCUT2D eigenvalue weighted by Crippen LogP contribution is 2.36. The number of hydrogen-bond donors (Lipinski definition) is 3. The number of halogens is 1. The van der Waals surface area contributed by atoms with Crippen LogP contribution in [0.5, 0.6) is 11.5 Å². The fraction of sp³-hybridized carbons (Fsp3) is 0.455. The molecular formula is C11H16FNO2. The summed E-state index contributed by atoms with van der Waals surface area (Å²) in [5.74, 6) is -1.88. The second-order valence-electron chi connectivity index (χ2n) is 3.77.